The topological polar surface area (TPSA) is 50.4 Å². The van der Waals surface area contributed by atoms with E-state index in [1.807, 2.05) is 31.3 Å². The first-order valence-corrected chi connectivity index (χ1v) is 6.24. The Bertz CT molecular complexity index is 368. The Labute approximate surface area is 113 Å². The molecule has 0 spiro atoms. The normalized spacial score (nSPS) is 12.2. The van der Waals surface area contributed by atoms with Gasteiger partial charge in [0, 0.05) is 31.6 Å². The number of benzene rings is 1. The predicted molar refractivity (Wildman–Crippen MR) is 72.8 cm³/mol. The lowest BCUT2D eigenvalue weighted by Crippen LogP contribution is -2.30. The van der Waals surface area contributed by atoms with E-state index in [9.17, 15) is 4.79 Å². The molecule has 100 valence electrons. The van der Waals surface area contributed by atoms with Gasteiger partial charge < -0.3 is 15.4 Å². The van der Waals surface area contributed by atoms with Gasteiger partial charge in [-0.05, 0) is 24.7 Å². The van der Waals surface area contributed by atoms with Crippen LogP contribution in [-0.4, -0.2) is 33.2 Å². The minimum atomic E-state index is -0.152. The number of hydrogen-bond acceptors (Lipinski definition) is 3. The standard InChI is InChI=1S/C13H19ClN2O2/c1-15-8-7-13(17)16-9-12(18-2)10-3-5-11(14)6-4-10/h3-6,12,15H,7-9H2,1-2H3,(H,16,17). The Kier molecular flexibility index (Phi) is 6.72. The second-order valence-corrected chi connectivity index (χ2v) is 4.37. The summed E-state index contributed by atoms with van der Waals surface area (Å²) >= 11 is 5.83. The van der Waals surface area contributed by atoms with Crippen LogP contribution in [0.4, 0.5) is 0 Å². The first-order chi connectivity index (χ1) is 8.67. The number of nitrogens with one attached hydrogen (secondary N) is 2. The van der Waals surface area contributed by atoms with Gasteiger partial charge in [-0.15, -0.1) is 0 Å². The summed E-state index contributed by atoms with van der Waals surface area (Å²) in [5, 5.41) is 6.46. The van der Waals surface area contributed by atoms with Crippen molar-refractivity contribution in [2.45, 2.75) is 12.5 Å². The highest BCUT2D eigenvalue weighted by atomic mass is 35.5. The van der Waals surface area contributed by atoms with Crippen molar-refractivity contribution < 1.29 is 9.53 Å². The third kappa shape index (κ3) is 5.04. The molecule has 0 radical (unpaired) electrons. The lowest BCUT2D eigenvalue weighted by molar-refractivity contribution is -0.121. The van der Waals surface area contributed by atoms with E-state index in [2.05, 4.69) is 10.6 Å². The highest BCUT2D eigenvalue weighted by Gasteiger charge is 2.11. The van der Waals surface area contributed by atoms with Crippen molar-refractivity contribution in [1.82, 2.24) is 10.6 Å². The molecular formula is C13H19ClN2O2. The third-order valence-electron chi connectivity index (χ3n) is 2.61. The van der Waals surface area contributed by atoms with E-state index in [0.717, 1.165) is 5.56 Å². The summed E-state index contributed by atoms with van der Waals surface area (Å²) in [7, 11) is 3.44. The molecule has 0 bridgehead atoms. The monoisotopic (exact) mass is 270 g/mol. The molecule has 5 heteroatoms. The molecule has 1 aromatic rings. The number of carbonyl (C=O) groups is 1. The number of carbonyl (C=O) groups excluding carboxylic acids is 1. The average Bonchev–Trinajstić information content (AvgIpc) is 2.39. The van der Waals surface area contributed by atoms with E-state index >= 15 is 0 Å². The number of hydrogen-bond donors (Lipinski definition) is 2. The van der Waals surface area contributed by atoms with Crippen LogP contribution in [0.15, 0.2) is 24.3 Å². The second-order valence-electron chi connectivity index (χ2n) is 3.93. The van der Waals surface area contributed by atoms with Gasteiger partial charge in [0.25, 0.3) is 0 Å². The van der Waals surface area contributed by atoms with Crippen LogP contribution in [0.2, 0.25) is 5.02 Å². The van der Waals surface area contributed by atoms with Crippen LogP contribution < -0.4 is 10.6 Å². The summed E-state index contributed by atoms with van der Waals surface area (Å²) in [5.74, 6) is 0.0142. The van der Waals surface area contributed by atoms with Crippen LogP contribution >= 0.6 is 11.6 Å². The van der Waals surface area contributed by atoms with E-state index in [1.165, 1.54) is 0 Å². The van der Waals surface area contributed by atoms with E-state index < -0.39 is 0 Å². The molecular weight excluding hydrogens is 252 g/mol. The summed E-state index contributed by atoms with van der Waals surface area (Å²) in [6.45, 7) is 1.13. The van der Waals surface area contributed by atoms with Gasteiger partial charge in [-0.2, -0.15) is 0 Å². The predicted octanol–water partition coefficient (Wildman–Crippen LogP) is 1.75. The van der Waals surface area contributed by atoms with Crippen molar-refractivity contribution in [3.05, 3.63) is 34.9 Å². The molecule has 18 heavy (non-hydrogen) atoms. The smallest absolute Gasteiger partial charge is 0.221 e. The van der Waals surface area contributed by atoms with Crippen LogP contribution in [0.5, 0.6) is 0 Å². The molecule has 0 aliphatic rings. The minimum Gasteiger partial charge on any atom is -0.375 e. The number of rotatable bonds is 7. The molecule has 0 heterocycles. The van der Waals surface area contributed by atoms with Crippen LogP contribution in [0.3, 0.4) is 0 Å². The molecule has 1 aromatic carbocycles. The zero-order valence-corrected chi connectivity index (χ0v) is 11.5. The van der Waals surface area contributed by atoms with Gasteiger partial charge in [-0.25, -0.2) is 0 Å². The van der Waals surface area contributed by atoms with Crippen molar-refractivity contribution in [1.29, 1.82) is 0 Å². The minimum absolute atomic E-state index is 0.0142. The van der Waals surface area contributed by atoms with Gasteiger partial charge in [0.15, 0.2) is 0 Å². The fourth-order valence-electron chi connectivity index (χ4n) is 1.55. The largest absolute Gasteiger partial charge is 0.375 e. The Morgan fingerprint density at radius 3 is 2.61 bits per heavy atom. The lowest BCUT2D eigenvalue weighted by atomic mass is 10.1. The molecule has 2 N–H and O–H groups in total. The lowest BCUT2D eigenvalue weighted by Gasteiger charge is -2.16. The number of methoxy groups -OCH3 is 1. The molecule has 1 rings (SSSR count). The van der Waals surface area contributed by atoms with Crippen molar-refractivity contribution in [2.75, 3.05) is 27.2 Å². The van der Waals surface area contributed by atoms with Gasteiger partial charge in [0.05, 0.1) is 6.10 Å². The molecule has 0 aliphatic heterocycles. The molecule has 1 atom stereocenters. The molecule has 1 amide bonds. The number of halogens is 1. The molecule has 4 nitrogen and oxygen atoms in total. The van der Waals surface area contributed by atoms with Gasteiger partial charge in [-0.3, -0.25) is 4.79 Å². The van der Waals surface area contributed by atoms with Gasteiger partial charge in [0.2, 0.25) is 5.91 Å². The van der Waals surface area contributed by atoms with E-state index in [0.29, 0.717) is 24.5 Å². The first-order valence-electron chi connectivity index (χ1n) is 5.87. The maximum atomic E-state index is 11.5. The van der Waals surface area contributed by atoms with Gasteiger partial charge >= 0.3 is 0 Å². The number of amides is 1. The SMILES string of the molecule is CNCCC(=O)NCC(OC)c1ccc(Cl)cc1. The molecule has 0 fully saturated rings. The maximum Gasteiger partial charge on any atom is 0.221 e. The Hall–Kier alpha value is -1.10. The van der Waals surface area contributed by atoms with Crippen LogP contribution in [-0.2, 0) is 9.53 Å². The van der Waals surface area contributed by atoms with Crippen LogP contribution in [0.25, 0.3) is 0 Å². The van der Waals surface area contributed by atoms with Crippen molar-refractivity contribution in [3.8, 4) is 0 Å². The quantitative estimate of drug-likeness (QED) is 0.794. The van der Waals surface area contributed by atoms with E-state index in [4.69, 9.17) is 16.3 Å². The van der Waals surface area contributed by atoms with Crippen molar-refractivity contribution in [2.24, 2.45) is 0 Å². The van der Waals surface area contributed by atoms with Crippen molar-refractivity contribution in [3.63, 3.8) is 0 Å². The van der Waals surface area contributed by atoms with Gasteiger partial charge in [-0.1, -0.05) is 23.7 Å². The zero-order valence-electron chi connectivity index (χ0n) is 10.7. The highest BCUT2D eigenvalue weighted by molar-refractivity contribution is 6.30. The average molecular weight is 271 g/mol. The van der Waals surface area contributed by atoms with E-state index in [1.54, 1.807) is 7.11 Å². The molecule has 0 aliphatic carbocycles. The molecule has 0 saturated heterocycles. The zero-order chi connectivity index (χ0) is 13.4. The Morgan fingerprint density at radius 1 is 1.39 bits per heavy atom. The summed E-state index contributed by atoms with van der Waals surface area (Å²) in [6, 6.07) is 7.42. The Morgan fingerprint density at radius 2 is 2.06 bits per heavy atom. The van der Waals surface area contributed by atoms with Crippen LogP contribution in [0, 0.1) is 0 Å². The molecule has 0 saturated carbocycles. The van der Waals surface area contributed by atoms with Gasteiger partial charge in [0.1, 0.15) is 0 Å². The summed E-state index contributed by atoms with van der Waals surface area (Å²) in [6.07, 6.45) is 0.314. The summed E-state index contributed by atoms with van der Waals surface area (Å²) in [4.78, 5) is 11.5. The maximum absolute atomic E-state index is 11.5. The molecule has 1 unspecified atom stereocenters. The second kappa shape index (κ2) is 8.08. The third-order valence-corrected chi connectivity index (χ3v) is 2.86. The fraction of sp³-hybridized carbons (Fsp3) is 0.462. The highest BCUT2D eigenvalue weighted by Crippen LogP contribution is 2.18. The number of ether oxygens (including phenoxy) is 1. The Balaban J connectivity index is 2.47. The summed E-state index contributed by atoms with van der Waals surface area (Å²) < 4.78 is 5.36. The van der Waals surface area contributed by atoms with Crippen LogP contribution in [0.1, 0.15) is 18.1 Å². The van der Waals surface area contributed by atoms with E-state index in [-0.39, 0.29) is 12.0 Å². The summed E-state index contributed by atoms with van der Waals surface area (Å²) in [5.41, 5.74) is 0.996. The van der Waals surface area contributed by atoms with Crippen molar-refractivity contribution >= 4 is 17.5 Å². The molecule has 0 aromatic heterocycles. The first kappa shape index (κ1) is 15.0. The fourth-order valence-corrected chi connectivity index (χ4v) is 1.67.